The summed E-state index contributed by atoms with van der Waals surface area (Å²) in [5.41, 5.74) is 5.35. The van der Waals surface area contributed by atoms with Crippen molar-refractivity contribution in [1.29, 1.82) is 5.26 Å². The van der Waals surface area contributed by atoms with Gasteiger partial charge in [-0.05, 0) is 78.8 Å². The van der Waals surface area contributed by atoms with Crippen LogP contribution < -0.4 is 10.1 Å². The van der Waals surface area contributed by atoms with Crippen molar-refractivity contribution >= 4 is 12.0 Å². The quantitative estimate of drug-likeness (QED) is 0.846. The zero-order chi connectivity index (χ0) is 18.5. The molecule has 1 N–H and O–H groups in total. The fourth-order valence-electron chi connectivity index (χ4n) is 3.22. The molecule has 132 valence electrons. The van der Waals surface area contributed by atoms with E-state index in [4.69, 9.17) is 4.74 Å². The number of rotatable bonds is 3. The number of methoxy groups -OCH3 is 1. The second-order valence-electron chi connectivity index (χ2n) is 6.46. The van der Waals surface area contributed by atoms with E-state index in [0.717, 1.165) is 59.4 Å². The maximum absolute atomic E-state index is 12.3. The number of carbonyl (C=O) groups excluding carboxylic acids is 1. The maximum Gasteiger partial charge on any atom is 0.247 e. The number of nitrogens with zero attached hydrogens (tertiary/aromatic N) is 1. The summed E-state index contributed by atoms with van der Waals surface area (Å²) in [6.07, 6.45) is 4.69. The Morgan fingerprint density at radius 1 is 1.19 bits per heavy atom. The van der Waals surface area contributed by atoms with Gasteiger partial charge in [-0.1, -0.05) is 12.1 Å². The first-order valence-corrected chi connectivity index (χ1v) is 8.80. The summed E-state index contributed by atoms with van der Waals surface area (Å²) in [5, 5.41) is 12.4. The van der Waals surface area contributed by atoms with Crippen LogP contribution in [-0.4, -0.2) is 19.6 Å². The number of benzene rings is 2. The SMILES string of the molecule is COc1ccc(-c2cc(C#N)cc(/C=C3\CCCCNC3=O)c2C)cc1. The molecule has 0 atom stereocenters. The van der Waals surface area contributed by atoms with E-state index in [9.17, 15) is 10.1 Å². The summed E-state index contributed by atoms with van der Waals surface area (Å²) in [5.74, 6) is 0.788. The van der Waals surface area contributed by atoms with Gasteiger partial charge in [0, 0.05) is 12.1 Å². The van der Waals surface area contributed by atoms with Crippen molar-refractivity contribution in [2.45, 2.75) is 26.2 Å². The predicted octanol–water partition coefficient (Wildman–Crippen LogP) is 4.23. The topological polar surface area (TPSA) is 62.1 Å². The van der Waals surface area contributed by atoms with Gasteiger partial charge in [0.1, 0.15) is 5.75 Å². The highest BCUT2D eigenvalue weighted by Crippen LogP contribution is 2.30. The third-order valence-electron chi connectivity index (χ3n) is 4.76. The lowest BCUT2D eigenvalue weighted by Gasteiger charge is -2.12. The standard InChI is InChI=1S/C22H22N2O2/c1-15-19(13-18-5-3-4-10-24-22(18)25)11-16(14-23)12-21(15)17-6-8-20(26-2)9-7-17/h6-9,11-13H,3-5,10H2,1-2H3,(H,24,25)/b18-13+. The number of carbonyl (C=O) groups is 1. The van der Waals surface area contributed by atoms with Crippen LogP contribution in [0.5, 0.6) is 5.75 Å². The van der Waals surface area contributed by atoms with Crippen molar-refractivity contribution in [2.24, 2.45) is 0 Å². The van der Waals surface area contributed by atoms with Crippen LogP contribution in [0, 0.1) is 18.3 Å². The van der Waals surface area contributed by atoms with Gasteiger partial charge in [-0.2, -0.15) is 5.26 Å². The number of nitriles is 1. The lowest BCUT2D eigenvalue weighted by molar-refractivity contribution is -0.117. The van der Waals surface area contributed by atoms with Crippen molar-refractivity contribution in [2.75, 3.05) is 13.7 Å². The van der Waals surface area contributed by atoms with E-state index in [1.807, 2.05) is 49.4 Å². The first-order chi connectivity index (χ1) is 12.6. The third kappa shape index (κ3) is 3.78. The van der Waals surface area contributed by atoms with E-state index in [1.165, 1.54) is 0 Å². The second kappa shape index (κ2) is 7.88. The number of amides is 1. The summed E-state index contributed by atoms with van der Waals surface area (Å²) in [6, 6.07) is 13.8. The van der Waals surface area contributed by atoms with Crippen LogP contribution in [0.3, 0.4) is 0 Å². The fraction of sp³-hybridized carbons (Fsp3) is 0.273. The van der Waals surface area contributed by atoms with E-state index in [0.29, 0.717) is 5.56 Å². The molecule has 1 aliphatic heterocycles. The molecule has 1 saturated heterocycles. The van der Waals surface area contributed by atoms with E-state index in [1.54, 1.807) is 7.11 Å². The molecular formula is C22H22N2O2. The van der Waals surface area contributed by atoms with Gasteiger partial charge in [0.15, 0.2) is 0 Å². The number of hydrogen-bond donors (Lipinski definition) is 1. The molecule has 3 rings (SSSR count). The van der Waals surface area contributed by atoms with E-state index in [2.05, 4.69) is 11.4 Å². The third-order valence-corrected chi connectivity index (χ3v) is 4.76. The molecule has 2 aromatic rings. The minimum absolute atomic E-state index is 0.00439. The van der Waals surface area contributed by atoms with Gasteiger partial charge >= 0.3 is 0 Å². The van der Waals surface area contributed by atoms with Crippen LogP contribution in [0.2, 0.25) is 0 Å². The maximum atomic E-state index is 12.3. The minimum Gasteiger partial charge on any atom is -0.497 e. The molecule has 1 amide bonds. The molecular weight excluding hydrogens is 324 g/mol. The van der Waals surface area contributed by atoms with Crippen molar-refractivity contribution in [3.63, 3.8) is 0 Å². The number of hydrogen-bond acceptors (Lipinski definition) is 3. The highest BCUT2D eigenvalue weighted by molar-refractivity contribution is 5.98. The molecule has 0 aromatic heterocycles. The molecule has 1 aliphatic rings. The highest BCUT2D eigenvalue weighted by atomic mass is 16.5. The van der Waals surface area contributed by atoms with E-state index < -0.39 is 0 Å². The second-order valence-corrected chi connectivity index (χ2v) is 6.46. The van der Waals surface area contributed by atoms with Gasteiger partial charge in [-0.15, -0.1) is 0 Å². The highest BCUT2D eigenvalue weighted by Gasteiger charge is 2.15. The summed E-state index contributed by atoms with van der Waals surface area (Å²) in [4.78, 5) is 12.3. The molecule has 26 heavy (non-hydrogen) atoms. The van der Waals surface area contributed by atoms with Crippen molar-refractivity contribution < 1.29 is 9.53 Å². The van der Waals surface area contributed by atoms with Crippen LogP contribution >= 0.6 is 0 Å². The molecule has 1 fully saturated rings. The Hall–Kier alpha value is -3.06. The Balaban J connectivity index is 2.08. The zero-order valence-corrected chi connectivity index (χ0v) is 15.1. The summed E-state index contributed by atoms with van der Waals surface area (Å²) < 4.78 is 5.22. The first-order valence-electron chi connectivity index (χ1n) is 8.80. The Labute approximate surface area is 154 Å². The smallest absolute Gasteiger partial charge is 0.247 e. The van der Waals surface area contributed by atoms with Crippen LogP contribution in [0.25, 0.3) is 17.2 Å². The van der Waals surface area contributed by atoms with Gasteiger partial charge in [0.2, 0.25) is 5.91 Å². The van der Waals surface area contributed by atoms with Crippen LogP contribution in [-0.2, 0) is 4.79 Å². The van der Waals surface area contributed by atoms with Gasteiger partial charge < -0.3 is 10.1 Å². The zero-order valence-electron chi connectivity index (χ0n) is 15.1. The van der Waals surface area contributed by atoms with Crippen LogP contribution in [0.4, 0.5) is 0 Å². The van der Waals surface area contributed by atoms with Crippen molar-refractivity contribution in [3.05, 3.63) is 58.7 Å². The normalized spacial score (nSPS) is 15.9. The van der Waals surface area contributed by atoms with E-state index >= 15 is 0 Å². The average Bonchev–Trinajstić information content (AvgIpc) is 2.88. The lowest BCUT2D eigenvalue weighted by atomic mass is 9.92. The van der Waals surface area contributed by atoms with E-state index in [-0.39, 0.29) is 5.91 Å². The lowest BCUT2D eigenvalue weighted by Crippen LogP contribution is -2.23. The molecule has 2 aromatic carbocycles. The Morgan fingerprint density at radius 3 is 2.65 bits per heavy atom. The molecule has 0 unspecified atom stereocenters. The summed E-state index contributed by atoms with van der Waals surface area (Å²) in [6.45, 7) is 2.76. The van der Waals surface area contributed by atoms with Gasteiger partial charge in [-0.25, -0.2) is 0 Å². The Kier molecular flexibility index (Phi) is 5.38. The molecule has 0 aliphatic carbocycles. The molecule has 0 spiro atoms. The van der Waals surface area contributed by atoms with Crippen molar-refractivity contribution in [3.8, 4) is 22.9 Å². The first kappa shape index (κ1) is 17.8. The van der Waals surface area contributed by atoms with Crippen molar-refractivity contribution in [1.82, 2.24) is 5.32 Å². The molecule has 0 saturated carbocycles. The van der Waals surface area contributed by atoms with Gasteiger partial charge in [0.25, 0.3) is 0 Å². The molecule has 0 radical (unpaired) electrons. The molecule has 1 heterocycles. The molecule has 4 nitrogen and oxygen atoms in total. The Bertz CT molecular complexity index is 890. The fourth-order valence-corrected chi connectivity index (χ4v) is 3.22. The van der Waals surface area contributed by atoms with Crippen LogP contribution in [0.15, 0.2) is 42.0 Å². The molecule has 0 bridgehead atoms. The largest absolute Gasteiger partial charge is 0.497 e. The van der Waals surface area contributed by atoms with Crippen LogP contribution in [0.1, 0.15) is 36.0 Å². The van der Waals surface area contributed by atoms with Gasteiger partial charge in [-0.3, -0.25) is 4.79 Å². The summed E-state index contributed by atoms with van der Waals surface area (Å²) in [7, 11) is 1.64. The monoisotopic (exact) mass is 346 g/mol. The predicted molar refractivity (Wildman–Crippen MR) is 103 cm³/mol. The summed E-state index contributed by atoms with van der Waals surface area (Å²) >= 11 is 0. The number of nitrogens with one attached hydrogen (secondary N) is 1. The average molecular weight is 346 g/mol. The molecule has 4 heteroatoms. The minimum atomic E-state index is -0.00439. The number of ether oxygens (including phenoxy) is 1. The van der Waals surface area contributed by atoms with Gasteiger partial charge in [0.05, 0.1) is 18.7 Å². The Morgan fingerprint density at radius 2 is 1.96 bits per heavy atom.